The highest BCUT2D eigenvalue weighted by Gasteiger charge is 2.53. The van der Waals surface area contributed by atoms with Crippen molar-refractivity contribution in [1.29, 1.82) is 0 Å². The number of hydrogen-bond donors (Lipinski definition) is 1. The van der Waals surface area contributed by atoms with Crippen molar-refractivity contribution in [2.24, 2.45) is 11.1 Å². The number of nitrogens with two attached hydrogens (primary N) is 1. The van der Waals surface area contributed by atoms with Gasteiger partial charge < -0.3 is 10.2 Å². The zero-order valence-corrected chi connectivity index (χ0v) is 10.7. The van der Waals surface area contributed by atoms with Crippen molar-refractivity contribution in [2.75, 3.05) is 0 Å². The molecule has 2 N–H and O–H groups in total. The average molecular weight is 264 g/mol. The molecule has 2 fully saturated rings. The lowest BCUT2D eigenvalue weighted by Gasteiger charge is -2.56. The van der Waals surface area contributed by atoms with Crippen LogP contribution in [0.15, 0.2) is 16.7 Å². The number of oxazole rings is 1. The summed E-state index contributed by atoms with van der Waals surface area (Å²) in [6.45, 7) is 0. The van der Waals surface area contributed by atoms with E-state index < -0.39 is 0 Å². The number of hydrogen-bond acceptors (Lipinski definition) is 4. The minimum Gasteiger partial charge on any atom is -0.422 e. The van der Waals surface area contributed by atoms with Crippen molar-refractivity contribution >= 4 is 22.8 Å². The Kier molecular flexibility index (Phi) is 2.07. The smallest absolute Gasteiger partial charge is 0.247 e. The molecule has 2 aliphatic rings. The second kappa shape index (κ2) is 3.45. The van der Waals surface area contributed by atoms with Gasteiger partial charge in [0.05, 0.1) is 5.02 Å². The Morgan fingerprint density at radius 3 is 2.83 bits per heavy atom. The third kappa shape index (κ3) is 1.49. The van der Waals surface area contributed by atoms with Gasteiger partial charge in [-0.1, -0.05) is 11.6 Å². The molecule has 94 valence electrons. The summed E-state index contributed by atoms with van der Waals surface area (Å²) in [5, 5.41) is 0.595. The van der Waals surface area contributed by atoms with Crippen molar-refractivity contribution in [3.05, 3.63) is 23.2 Å². The molecule has 5 heteroatoms. The molecule has 0 amide bonds. The second-order valence-corrected chi connectivity index (χ2v) is 6.24. The highest BCUT2D eigenvalue weighted by molar-refractivity contribution is 6.30. The lowest BCUT2D eigenvalue weighted by molar-refractivity contribution is -0.0157. The third-order valence-corrected chi connectivity index (χ3v) is 4.54. The van der Waals surface area contributed by atoms with E-state index in [4.69, 9.17) is 21.8 Å². The fraction of sp³-hybridized carbons (Fsp3) is 0.538. The van der Waals surface area contributed by atoms with E-state index in [2.05, 4.69) is 9.97 Å². The molecule has 0 atom stereocenters. The Bertz CT molecular complexity index is 610. The van der Waals surface area contributed by atoms with Gasteiger partial charge in [0.2, 0.25) is 11.6 Å². The molecule has 2 aromatic rings. The third-order valence-electron chi connectivity index (χ3n) is 4.33. The molecule has 18 heavy (non-hydrogen) atoms. The number of aromatic nitrogens is 2. The first-order valence-electron chi connectivity index (χ1n) is 6.31. The zero-order chi connectivity index (χ0) is 12.3. The first-order chi connectivity index (χ1) is 8.63. The van der Waals surface area contributed by atoms with E-state index in [1.165, 1.54) is 0 Å². The SMILES string of the molecule is NC1CC2(C1)CC(c1nc3cc(Cl)cnc3o1)C2. The highest BCUT2D eigenvalue weighted by Crippen LogP contribution is 2.61. The molecule has 2 saturated carbocycles. The molecular weight excluding hydrogens is 250 g/mol. The summed E-state index contributed by atoms with van der Waals surface area (Å²) in [5.74, 6) is 1.25. The summed E-state index contributed by atoms with van der Waals surface area (Å²) < 4.78 is 5.70. The summed E-state index contributed by atoms with van der Waals surface area (Å²) in [7, 11) is 0. The van der Waals surface area contributed by atoms with Crippen molar-refractivity contribution in [3.8, 4) is 0 Å². The van der Waals surface area contributed by atoms with Gasteiger partial charge in [0.25, 0.3) is 0 Å². The predicted octanol–water partition coefficient (Wildman–Crippen LogP) is 2.86. The summed E-state index contributed by atoms with van der Waals surface area (Å²) in [6.07, 6.45) is 6.22. The van der Waals surface area contributed by atoms with Crippen LogP contribution in [0, 0.1) is 5.41 Å². The van der Waals surface area contributed by atoms with Crippen LogP contribution in [0.3, 0.4) is 0 Å². The van der Waals surface area contributed by atoms with Crippen LogP contribution in [0.5, 0.6) is 0 Å². The molecule has 0 bridgehead atoms. The minimum absolute atomic E-state index is 0.412. The van der Waals surface area contributed by atoms with Gasteiger partial charge >= 0.3 is 0 Å². The maximum absolute atomic E-state index is 5.89. The number of fused-ring (bicyclic) bond motifs is 1. The molecule has 0 saturated heterocycles. The van der Waals surface area contributed by atoms with E-state index in [1.807, 2.05) is 0 Å². The molecule has 2 aromatic heterocycles. The monoisotopic (exact) mass is 263 g/mol. The second-order valence-electron chi connectivity index (χ2n) is 5.80. The predicted molar refractivity (Wildman–Crippen MR) is 68.4 cm³/mol. The Balaban J connectivity index is 1.57. The van der Waals surface area contributed by atoms with E-state index in [1.54, 1.807) is 12.3 Å². The highest BCUT2D eigenvalue weighted by atomic mass is 35.5. The van der Waals surface area contributed by atoms with E-state index in [0.717, 1.165) is 37.1 Å². The largest absolute Gasteiger partial charge is 0.422 e. The number of rotatable bonds is 1. The lowest BCUT2D eigenvalue weighted by atomic mass is 9.50. The zero-order valence-electron chi connectivity index (χ0n) is 9.90. The van der Waals surface area contributed by atoms with Gasteiger partial charge in [-0.25, -0.2) is 9.97 Å². The van der Waals surface area contributed by atoms with Gasteiger partial charge in [-0.3, -0.25) is 0 Å². The fourth-order valence-corrected chi connectivity index (χ4v) is 3.69. The molecule has 0 aromatic carbocycles. The molecule has 2 heterocycles. The topological polar surface area (TPSA) is 64.9 Å². The van der Waals surface area contributed by atoms with Gasteiger partial charge in [-0.15, -0.1) is 0 Å². The molecule has 1 spiro atoms. The van der Waals surface area contributed by atoms with Crippen LogP contribution in [0.2, 0.25) is 5.02 Å². The van der Waals surface area contributed by atoms with Gasteiger partial charge in [-0.2, -0.15) is 0 Å². The van der Waals surface area contributed by atoms with Crippen LogP contribution >= 0.6 is 11.6 Å². The standard InChI is InChI=1S/C13H14ClN3O/c14-8-1-10-12(16-6-8)18-11(17-10)7-2-13(3-7)4-9(15)5-13/h1,6-7,9H,2-5,15H2. The van der Waals surface area contributed by atoms with Gasteiger partial charge in [0.15, 0.2) is 0 Å². The Morgan fingerprint density at radius 1 is 1.33 bits per heavy atom. The van der Waals surface area contributed by atoms with Crippen molar-refractivity contribution < 1.29 is 4.42 Å². The van der Waals surface area contributed by atoms with Crippen LogP contribution in [-0.4, -0.2) is 16.0 Å². The fourth-order valence-electron chi connectivity index (χ4n) is 3.54. The van der Waals surface area contributed by atoms with Crippen LogP contribution < -0.4 is 5.73 Å². The average Bonchev–Trinajstić information content (AvgIpc) is 2.63. The Labute approximate surface area is 110 Å². The van der Waals surface area contributed by atoms with Crippen molar-refractivity contribution in [3.63, 3.8) is 0 Å². The van der Waals surface area contributed by atoms with E-state index >= 15 is 0 Å². The normalized spacial score (nSPS) is 34.6. The van der Waals surface area contributed by atoms with E-state index in [0.29, 0.717) is 28.1 Å². The van der Waals surface area contributed by atoms with Crippen LogP contribution in [0.25, 0.3) is 11.2 Å². The van der Waals surface area contributed by atoms with E-state index in [-0.39, 0.29) is 0 Å². The van der Waals surface area contributed by atoms with Gasteiger partial charge in [0, 0.05) is 18.2 Å². The maximum Gasteiger partial charge on any atom is 0.247 e. The maximum atomic E-state index is 5.89. The van der Waals surface area contributed by atoms with E-state index in [9.17, 15) is 0 Å². The molecule has 4 rings (SSSR count). The van der Waals surface area contributed by atoms with Gasteiger partial charge in [0.1, 0.15) is 5.52 Å². The van der Waals surface area contributed by atoms with Crippen LogP contribution in [-0.2, 0) is 0 Å². The summed E-state index contributed by atoms with van der Waals surface area (Å²) in [5.41, 5.74) is 7.70. The van der Waals surface area contributed by atoms with Crippen LogP contribution in [0.4, 0.5) is 0 Å². The lowest BCUT2D eigenvalue weighted by Crippen LogP contribution is -2.52. The Morgan fingerprint density at radius 2 is 2.11 bits per heavy atom. The van der Waals surface area contributed by atoms with Gasteiger partial charge in [-0.05, 0) is 37.2 Å². The first kappa shape index (κ1) is 10.8. The number of halogens is 1. The van der Waals surface area contributed by atoms with Crippen molar-refractivity contribution in [1.82, 2.24) is 9.97 Å². The summed E-state index contributed by atoms with van der Waals surface area (Å²) in [4.78, 5) is 8.64. The quantitative estimate of drug-likeness (QED) is 0.859. The summed E-state index contributed by atoms with van der Waals surface area (Å²) in [6, 6.07) is 2.21. The molecule has 0 aliphatic heterocycles. The number of pyridine rings is 1. The molecular formula is C13H14ClN3O. The minimum atomic E-state index is 0.412. The first-order valence-corrected chi connectivity index (χ1v) is 6.69. The van der Waals surface area contributed by atoms with Crippen molar-refractivity contribution in [2.45, 2.75) is 37.6 Å². The Hall–Kier alpha value is -1.13. The molecule has 4 nitrogen and oxygen atoms in total. The molecule has 0 unspecified atom stereocenters. The number of nitrogens with zero attached hydrogens (tertiary/aromatic N) is 2. The molecule has 0 radical (unpaired) electrons. The summed E-state index contributed by atoms with van der Waals surface area (Å²) >= 11 is 5.89. The van der Waals surface area contributed by atoms with Crippen LogP contribution in [0.1, 0.15) is 37.5 Å². The molecule has 2 aliphatic carbocycles.